The van der Waals surface area contributed by atoms with Crippen LogP contribution in [0, 0.1) is 11.7 Å². The van der Waals surface area contributed by atoms with Crippen molar-refractivity contribution in [3.8, 4) is 0 Å². The largest absolute Gasteiger partial charge is 0.354 e. The van der Waals surface area contributed by atoms with Crippen molar-refractivity contribution in [2.45, 2.75) is 38.3 Å². The van der Waals surface area contributed by atoms with Gasteiger partial charge in [-0.1, -0.05) is 73.4 Å². The molecule has 208 valence electrons. The van der Waals surface area contributed by atoms with Crippen molar-refractivity contribution < 1.29 is 22.4 Å². The molecule has 0 aliphatic rings. The van der Waals surface area contributed by atoms with E-state index in [1.54, 1.807) is 24.3 Å². The standard InChI is InChI=1S/C28H30Cl2FN3O4S/c1-19(2)16-32-28(36)20(3)33(17-21-9-7-8-12-25(21)31)27(35)18-34(26-14-13-22(29)15-24(26)30)39(37,38)23-10-5-4-6-11-23/h4-15,19-20H,16-18H2,1-3H3,(H,32,36)/t20-/m0/s1. The summed E-state index contributed by atoms with van der Waals surface area (Å²) in [5.41, 5.74) is 0.206. The number of sulfonamides is 1. The Bertz CT molecular complexity index is 1420. The van der Waals surface area contributed by atoms with E-state index in [4.69, 9.17) is 23.2 Å². The van der Waals surface area contributed by atoms with Gasteiger partial charge in [-0.3, -0.25) is 13.9 Å². The molecule has 0 unspecified atom stereocenters. The first kappa shape index (κ1) is 30.4. The summed E-state index contributed by atoms with van der Waals surface area (Å²) in [5.74, 6) is -1.57. The number of hydrogen-bond acceptors (Lipinski definition) is 4. The van der Waals surface area contributed by atoms with Crippen LogP contribution in [0.3, 0.4) is 0 Å². The lowest BCUT2D eigenvalue weighted by Crippen LogP contribution is -2.51. The topological polar surface area (TPSA) is 86.8 Å². The number of carbonyl (C=O) groups is 2. The van der Waals surface area contributed by atoms with Crippen LogP contribution in [-0.4, -0.2) is 44.3 Å². The van der Waals surface area contributed by atoms with Gasteiger partial charge in [0.2, 0.25) is 11.8 Å². The van der Waals surface area contributed by atoms with E-state index in [1.165, 1.54) is 55.5 Å². The highest BCUT2D eigenvalue weighted by Gasteiger charge is 2.33. The molecule has 0 aliphatic heterocycles. The first-order valence-corrected chi connectivity index (χ1v) is 14.4. The van der Waals surface area contributed by atoms with Crippen LogP contribution >= 0.6 is 23.2 Å². The highest BCUT2D eigenvalue weighted by atomic mass is 35.5. The molecule has 0 saturated heterocycles. The number of halogens is 3. The van der Waals surface area contributed by atoms with Crippen LogP contribution < -0.4 is 9.62 Å². The van der Waals surface area contributed by atoms with Gasteiger partial charge in [-0.25, -0.2) is 12.8 Å². The fourth-order valence-electron chi connectivity index (χ4n) is 3.76. The Hall–Kier alpha value is -3.14. The Balaban J connectivity index is 2.04. The molecule has 1 N–H and O–H groups in total. The summed E-state index contributed by atoms with van der Waals surface area (Å²) < 4.78 is 42.9. The maximum absolute atomic E-state index is 14.6. The lowest BCUT2D eigenvalue weighted by Gasteiger charge is -2.32. The third-order valence-corrected chi connectivity index (χ3v) is 8.25. The third-order valence-electron chi connectivity index (χ3n) is 5.94. The van der Waals surface area contributed by atoms with Crippen LogP contribution in [0.2, 0.25) is 10.0 Å². The van der Waals surface area contributed by atoms with Gasteiger partial charge in [0.15, 0.2) is 0 Å². The lowest BCUT2D eigenvalue weighted by atomic mass is 10.1. The Morgan fingerprint density at radius 1 is 0.949 bits per heavy atom. The molecular formula is C28H30Cl2FN3O4S. The van der Waals surface area contributed by atoms with Gasteiger partial charge in [0.25, 0.3) is 10.0 Å². The van der Waals surface area contributed by atoms with Gasteiger partial charge >= 0.3 is 0 Å². The first-order chi connectivity index (χ1) is 18.4. The molecule has 0 saturated carbocycles. The van der Waals surface area contributed by atoms with Crippen LogP contribution in [0.25, 0.3) is 0 Å². The maximum atomic E-state index is 14.6. The quantitative estimate of drug-likeness (QED) is 0.317. The molecule has 0 radical (unpaired) electrons. The molecule has 0 fully saturated rings. The Morgan fingerprint density at radius 2 is 1.59 bits per heavy atom. The van der Waals surface area contributed by atoms with Crippen molar-refractivity contribution in [2.24, 2.45) is 5.92 Å². The van der Waals surface area contributed by atoms with Crippen molar-refractivity contribution in [2.75, 3.05) is 17.4 Å². The maximum Gasteiger partial charge on any atom is 0.264 e. The van der Waals surface area contributed by atoms with Gasteiger partial charge in [-0.15, -0.1) is 0 Å². The average molecular weight is 595 g/mol. The number of carbonyl (C=O) groups excluding carboxylic acids is 2. The molecule has 11 heteroatoms. The molecule has 2 amide bonds. The Kier molecular flexibility index (Phi) is 10.4. The molecule has 3 rings (SSSR count). The number of hydrogen-bond donors (Lipinski definition) is 1. The second-order valence-electron chi connectivity index (χ2n) is 9.35. The van der Waals surface area contributed by atoms with Gasteiger partial charge in [0, 0.05) is 23.7 Å². The second-order valence-corrected chi connectivity index (χ2v) is 12.1. The fourth-order valence-corrected chi connectivity index (χ4v) is 5.78. The summed E-state index contributed by atoms with van der Waals surface area (Å²) in [4.78, 5) is 27.9. The second kappa shape index (κ2) is 13.3. The summed E-state index contributed by atoms with van der Waals surface area (Å²) in [6, 6.07) is 16.7. The van der Waals surface area contributed by atoms with E-state index in [0.717, 1.165) is 9.21 Å². The molecule has 1 atom stereocenters. The normalized spacial score (nSPS) is 12.2. The molecular weight excluding hydrogens is 564 g/mol. The number of nitrogens with zero attached hydrogens (tertiary/aromatic N) is 2. The molecule has 3 aromatic carbocycles. The van der Waals surface area contributed by atoms with Gasteiger partial charge in [0.05, 0.1) is 15.6 Å². The van der Waals surface area contributed by atoms with Gasteiger partial charge < -0.3 is 10.2 Å². The van der Waals surface area contributed by atoms with E-state index in [1.807, 2.05) is 13.8 Å². The zero-order valence-corrected chi connectivity index (χ0v) is 24.1. The first-order valence-electron chi connectivity index (χ1n) is 12.2. The predicted molar refractivity (Wildman–Crippen MR) is 152 cm³/mol. The monoisotopic (exact) mass is 593 g/mol. The summed E-state index contributed by atoms with van der Waals surface area (Å²) in [7, 11) is -4.28. The molecule has 0 heterocycles. The number of rotatable bonds is 11. The molecule has 3 aromatic rings. The van der Waals surface area contributed by atoms with Crippen LogP contribution in [0.1, 0.15) is 26.3 Å². The van der Waals surface area contributed by atoms with Crippen LogP contribution in [0.4, 0.5) is 10.1 Å². The summed E-state index contributed by atoms with van der Waals surface area (Å²) in [5, 5.41) is 3.07. The van der Waals surface area contributed by atoms with E-state index in [2.05, 4.69) is 5.32 Å². The Morgan fingerprint density at radius 3 is 2.21 bits per heavy atom. The molecule has 0 aliphatic carbocycles. The molecule has 39 heavy (non-hydrogen) atoms. The van der Waals surface area contributed by atoms with Gasteiger partial charge in [0.1, 0.15) is 18.4 Å². The molecule has 0 bridgehead atoms. The van der Waals surface area contributed by atoms with Crippen molar-refractivity contribution in [3.05, 3.63) is 94.2 Å². The minimum absolute atomic E-state index is 0.0122. The zero-order chi connectivity index (χ0) is 28.7. The average Bonchev–Trinajstić information content (AvgIpc) is 2.90. The van der Waals surface area contributed by atoms with Crippen LogP contribution in [-0.2, 0) is 26.2 Å². The number of amides is 2. The van der Waals surface area contributed by atoms with Gasteiger partial charge in [-0.2, -0.15) is 0 Å². The van der Waals surface area contributed by atoms with E-state index in [-0.39, 0.29) is 38.7 Å². The molecule has 7 nitrogen and oxygen atoms in total. The SMILES string of the molecule is CC(C)CNC(=O)[C@H](C)N(Cc1ccccc1F)C(=O)CN(c1ccc(Cl)cc1Cl)S(=O)(=O)c1ccccc1. The van der Waals surface area contributed by atoms with E-state index >= 15 is 0 Å². The highest BCUT2D eigenvalue weighted by Crippen LogP contribution is 2.33. The van der Waals surface area contributed by atoms with Crippen molar-refractivity contribution in [1.82, 2.24) is 10.2 Å². The van der Waals surface area contributed by atoms with Crippen LogP contribution in [0.15, 0.2) is 77.7 Å². The predicted octanol–water partition coefficient (Wildman–Crippen LogP) is 5.52. The highest BCUT2D eigenvalue weighted by molar-refractivity contribution is 7.92. The van der Waals surface area contributed by atoms with E-state index < -0.39 is 40.2 Å². The molecule has 0 aromatic heterocycles. The zero-order valence-electron chi connectivity index (χ0n) is 21.8. The van der Waals surface area contributed by atoms with Crippen molar-refractivity contribution in [1.29, 1.82) is 0 Å². The summed E-state index contributed by atoms with van der Waals surface area (Å²) in [6.45, 7) is 4.79. The minimum atomic E-state index is -4.28. The van der Waals surface area contributed by atoms with E-state index in [9.17, 15) is 22.4 Å². The smallest absolute Gasteiger partial charge is 0.264 e. The van der Waals surface area contributed by atoms with Crippen molar-refractivity contribution >= 4 is 50.7 Å². The molecule has 0 spiro atoms. The minimum Gasteiger partial charge on any atom is -0.354 e. The number of nitrogens with one attached hydrogen (secondary N) is 1. The lowest BCUT2D eigenvalue weighted by molar-refractivity contribution is -0.139. The van der Waals surface area contributed by atoms with Crippen molar-refractivity contribution in [3.63, 3.8) is 0 Å². The number of anilines is 1. The summed E-state index contributed by atoms with van der Waals surface area (Å²) >= 11 is 12.4. The summed E-state index contributed by atoms with van der Waals surface area (Å²) in [6.07, 6.45) is 0. The van der Waals surface area contributed by atoms with E-state index in [0.29, 0.717) is 6.54 Å². The fraction of sp³-hybridized carbons (Fsp3) is 0.286. The third kappa shape index (κ3) is 7.71. The Labute approximate surface area is 238 Å². The van der Waals surface area contributed by atoms with Gasteiger partial charge in [-0.05, 0) is 49.2 Å². The van der Waals surface area contributed by atoms with Crippen LogP contribution in [0.5, 0.6) is 0 Å². The number of benzene rings is 3.